The van der Waals surface area contributed by atoms with Crippen molar-refractivity contribution >= 4 is 21.6 Å². The van der Waals surface area contributed by atoms with Crippen LogP contribution < -0.4 is 5.32 Å². The third-order valence-electron chi connectivity index (χ3n) is 4.19. The summed E-state index contributed by atoms with van der Waals surface area (Å²) in [5.41, 5.74) is 1.21. The van der Waals surface area contributed by atoms with Crippen molar-refractivity contribution in [2.45, 2.75) is 43.9 Å². The van der Waals surface area contributed by atoms with Crippen LogP contribution in [0, 0.1) is 12.8 Å². The third-order valence-corrected chi connectivity index (χ3v) is 6.15. The highest BCUT2D eigenvalue weighted by Gasteiger charge is 2.23. The van der Waals surface area contributed by atoms with Gasteiger partial charge in [0.05, 0.1) is 4.90 Å². The number of carbonyl (C=O) groups excluding carboxylic acids is 1. The van der Waals surface area contributed by atoms with E-state index < -0.39 is 10.0 Å². The highest BCUT2D eigenvalue weighted by atomic mass is 32.2. The molecule has 5 nitrogen and oxygen atoms in total. The monoisotopic (exact) mass is 324 g/mol. The van der Waals surface area contributed by atoms with Crippen LogP contribution in [0.3, 0.4) is 0 Å². The molecule has 0 unspecified atom stereocenters. The zero-order valence-corrected chi connectivity index (χ0v) is 14.2. The van der Waals surface area contributed by atoms with E-state index in [1.807, 2.05) is 0 Å². The van der Waals surface area contributed by atoms with Gasteiger partial charge in [-0.3, -0.25) is 4.79 Å². The topological polar surface area (TPSA) is 66.5 Å². The minimum atomic E-state index is -3.51. The van der Waals surface area contributed by atoms with Gasteiger partial charge in [0.2, 0.25) is 15.9 Å². The van der Waals surface area contributed by atoms with Gasteiger partial charge in [0.1, 0.15) is 0 Å². The average Bonchev–Trinajstić information content (AvgIpc) is 2.49. The lowest BCUT2D eigenvalue weighted by atomic mass is 9.88. The second-order valence-electron chi connectivity index (χ2n) is 6.09. The quantitative estimate of drug-likeness (QED) is 0.926. The van der Waals surface area contributed by atoms with Gasteiger partial charge in [0.15, 0.2) is 0 Å². The molecule has 22 heavy (non-hydrogen) atoms. The van der Waals surface area contributed by atoms with E-state index in [1.165, 1.54) is 24.8 Å². The van der Waals surface area contributed by atoms with Crippen LogP contribution in [0.5, 0.6) is 0 Å². The van der Waals surface area contributed by atoms with E-state index >= 15 is 0 Å². The second-order valence-corrected chi connectivity index (χ2v) is 8.21. The highest BCUT2D eigenvalue weighted by molar-refractivity contribution is 7.89. The van der Waals surface area contributed by atoms with Crippen molar-refractivity contribution in [3.05, 3.63) is 23.8 Å². The van der Waals surface area contributed by atoms with Crippen LogP contribution in [0.25, 0.3) is 0 Å². The standard InChI is InChI=1S/C16H24N2O3S/c1-12-9-10-14(11-15(12)22(20,21)18(2)3)17-16(19)13-7-5-4-6-8-13/h9-11,13H,4-8H2,1-3H3,(H,17,19). The number of carbonyl (C=O) groups is 1. The molecule has 1 aromatic carbocycles. The number of anilines is 1. The van der Waals surface area contributed by atoms with Crippen LogP contribution in [0.15, 0.2) is 23.1 Å². The largest absolute Gasteiger partial charge is 0.326 e. The third kappa shape index (κ3) is 3.67. The number of rotatable bonds is 4. The van der Waals surface area contributed by atoms with E-state index in [0.717, 1.165) is 25.7 Å². The summed E-state index contributed by atoms with van der Waals surface area (Å²) in [5.74, 6) is 0.0423. The first-order valence-corrected chi connectivity index (χ1v) is 9.10. The molecule has 0 atom stereocenters. The molecular weight excluding hydrogens is 300 g/mol. The van der Waals surface area contributed by atoms with Gasteiger partial charge in [-0.05, 0) is 37.5 Å². The SMILES string of the molecule is Cc1ccc(NC(=O)C2CCCCC2)cc1S(=O)(=O)N(C)C. The lowest BCUT2D eigenvalue weighted by molar-refractivity contribution is -0.120. The van der Waals surface area contributed by atoms with E-state index in [9.17, 15) is 13.2 Å². The molecule has 0 aromatic heterocycles. The summed E-state index contributed by atoms with van der Waals surface area (Å²) < 4.78 is 25.8. The summed E-state index contributed by atoms with van der Waals surface area (Å²) in [6, 6.07) is 5.03. The van der Waals surface area contributed by atoms with Crippen LogP contribution in [0.1, 0.15) is 37.7 Å². The van der Waals surface area contributed by atoms with Crippen molar-refractivity contribution in [2.24, 2.45) is 5.92 Å². The molecule has 2 rings (SSSR count). The Morgan fingerprint density at radius 1 is 1.18 bits per heavy atom. The first-order chi connectivity index (χ1) is 10.3. The van der Waals surface area contributed by atoms with Gasteiger partial charge in [-0.15, -0.1) is 0 Å². The van der Waals surface area contributed by atoms with Crippen molar-refractivity contribution in [3.8, 4) is 0 Å². The van der Waals surface area contributed by atoms with Crippen LogP contribution in [-0.2, 0) is 14.8 Å². The van der Waals surface area contributed by atoms with Crippen molar-refractivity contribution in [2.75, 3.05) is 19.4 Å². The minimum Gasteiger partial charge on any atom is -0.326 e. The minimum absolute atomic E-state index is 0.00301. The first-order valence-electron chi connectivity index (χ1n) is 7.66. The van der Waals surface area contributed by atoms with Crippen molar-refractivity contribution in [1.29, 1.82) is 0 Å². The lowest BCUT2D eigenvalue weighted by Gasteiger charge is -2.21. The summed E-state index contributed by atoms with van der Waals surface area (Å²) in [5, 5.41) is 2.87. The average molecular weight is 324 g/mol. The van der Waals surface area contributed by atoms with Gasteiger partial charge in [0.25, 0.3) is 0 Å². The number of aryl methyl sites for hydroxylation is 1. The van der Waals surface area contributed by atoms with Gasteiger partial charge in [-0.25, -0.2) is 12.7 Å². The predicted octanol–water partition coefficient (Wildman–Crippen LogP) is 2.76. The Balaban J connectivity index is 2.21. The molecule has 0 heterocycles. The molecule has 0 bridgehead atoms. The van der Waals surface area contributed by atoms with Crippen molar-refractivity contribution < 1.29 is 13.2 Å². The predicted molar refractivity (Wildman–Crippen MR) is 87.3 cm³/mol. The maximum Gasteiger partial charge on any atom is 0.242 e. The Kier molecular flexibility index (Phi) is 5.24. The Hall–Kier alpha value is -1.40. The number of nitrogens with one attached hydrogen (secondary N) is 1. The molecule has 6 heteroatoms. The molecule has 0 spiro atoms. The Morgan fingerprint density at radius 2 is 1.82 bits per heavy atom. The molecule has 0 aliphatic heterocycles. The summed E-state index contributed by atoms with van der Waals surface area (Å²) in [4.78, 5) is 12.5. The van der Waals surface area contributed by atoms with Gasteiger partial charge >= 0.3 is 0 Å². The smallest absolute Gasteiger partial charge is 0.242 e. The van der Waals surface area contributed by atoms with Crippen LogP contribution in [0.2, 0.25) is 0 Å². The number of amides is 1. The van der Waals surface area contributed by atoms with E-state index in [1.54, 1.807) is 25.1 Å². The van der Waals surface area contributed by atoms with Crippen molar-refractivity contribution in [1.82, 2.24) is 4.31 Å². The van der Waals surface area contributed by atoms with E-state index in [0.29, 0.717) is 11.3 Å². The molecule has 1 aliphatic carbocycles. The molecular formula is C16H24N2O3S. The molecule has 1 saturated carbocycles. The van der Waals surface area contributed by atoms with Gasteiger partial charge in [-0.1, -0.05) is 25.3 Å². The zero-order valence-electron chi connectivity index (χ0n) is 13.4. The highest BCUT2D eigenvalue weighted by Crippen LogP contribution is 2.26. The maximum absolute atomic E-state index is 12.3. The van der Waals surface area contributed by atoms with Crippen LogP contribution in [0.4, 0.5) is 5.69 Å². The normalized spacial score (nSPS) is 16.7. The lowest BCUT2D eigenvalue weighted by Crippen LogP contribution is -2.25. The van der Waals surface area contributed by atoms with Gasteiger partial charge in [-0.2, -0.15) is 0 Å². The molecule has 0 radical (unpaired) electrons. The zero-order chi connectivity index (χ0) is 16.3. The Morgan fingerprint density at radius 3 is 2.41 bits per heavy atom. The fourth-order valence-corrected chi connectivity index (χ4v) is 3.91. The van der Waals surface area contributed by atoms with E-state index in [-0.39, 0.29) is 16.7 Å². The summed E-state index contributed by atoms with van der Waals surface area (Å²) in [6.45, 7) is 1.75. The number of benzene rings is 1. The second kappa shape index (κ2) is 6.79. The van der Waals surface area contributed by atoms with Crippen LogP contribution in [-0.4, -0.2) is 32.7 Å². The number of hydrogen-bond acceptors (Lipinski definition) is 3. The van der Waals surface area contributed by atoms with Gasteiger partial charge in [0, 0.05) is 25.7 Å². The molecule has 1 N–H and O–H groups in total. The van der Waals surface area contributed by atoms with E-state index in [2.05, 4.69) is 5.32 Å². The molecule has 122 valence electrons. The molecule has 1 aliphatic rings. The summed E-state index contributed by atoms with van der Waals surface area (Å²) in [7, 11) is -0.505. The Bertz CT molecular complexity index is 647. The number of sulfonamides is 1. The molecule has 1 amide bonds. The number of hydrogen-bond donors (Lipinski definition) is 1. The molecule has 1 aromatic rings. The number of nitrogens with zero attached hydrogens (tertiary/aromatic N) is 1. The maximum atomic E-state index is 12.3. The summed E-state index contributed by atoms with van der Waals surface area (Å²) in [6.07, 6.45) is 5.21. The molecule has 0 saturated heterocycles. The Labute approximate surface area is 132 Å². The fourth-order valence-electron chi connectivity index (χ4n) is 2.76. The van der Waals surface area contributed by atoms with Crippen molar-refractivity contribution in [3.63, 3.8) is 0 Å². The van der Waals surface area contributed by atoms with E-state index in [4.69, 9.17) is 0 Å². The first kappa shape index (κ1) is 17.0. The fraction of sp³-hybridized carbons (Fsp3) is 0.562. The molecule has 1 fully saturated rings. The van der Waals surface area contributed by atoms with Crippen LogP contribution >= 0.6 is 0 Å². The summed E-state index contributed by atoms with van der Waals surface area (Å²) >= 11 is 0. The van der Waals surface area contributed by atoms with Gasteiger partial charge < -0.3 is 5.32 Å².